The minimum Gasteiger partial charge on any atom is -0.377 e. The van der Waals surface area contributed by atoms with E-state index in [1.807, 2.05) is 0 Å². The van der Waals surface area contributed by atoms with Gasteiger partial charge in [-0.3, -0.25) is 0 Å². The highest BCUT2D eigenvalue weighted by Gasteiger charge is 2.11. The van der Waals surface area contributed by atoms with Crippen molar-refractivity contribution in [3.8, 4) is 5.69 Å². The highest BCUT2D eigenvalue weighted by molar-refractivity contribution is 7.90. The molecule has 130 valence electrons. The van der Waals surface area contributed by atoms with Crippen LogP contribution in [0.25, 0.3) is 5.69 Å². The normalized spacial score (nSPS) is 11.5. The van der Waals surface area contributed by atoms with E-state index in [0.717, 1.165) is 17.5 Å². The van der Waals surface area contributed by atoms with Gasteiger partial charge in [0.15, 0.2) is 15.7 Å². The molecule has 0 saturated carbocycles. The smallest absolute Gasteiger partial charge is 0.175 e. The summed E-state index contributed by atoms with van der Waals surface area (Å²) in [6.07, 6.45) is 1.15. The molecule has 1 N–H and O–H groups in total. The third-order valence-corrected chi connectivity index (χ3v) is 4.80. The van der Waals surface area contributed by atoms with E-state index < -0.39 is 9.84 Å². The summed E-state index contributed by atoms with van der Waals surface area (Å²) < 4.78 is 37.7. The molecule has 0 spiro atoms. The summed E-state index contributed by atoms with van der Waals surface area (Å²) in [5.41, 5.74) is 2.20. The van der Waals surface area contributed by atoms with Crippen LogP contribution in [0.1, 0.15) is 11.4 Å². The number of nitrogens with one attached hydrogen (secondary N) is 1. The summed E-state index contributed by atoms with van der Waals surface area (Å²) in [5, 5.41) is 14.7. The van der Waals surface area contributed by atoms with Gasteiger partial charge in [0.2, 0.25) is 0 Å². The van der Waals surface area contributed by atoms with Crippen molar-refractivity contribution in [3.05, 3.63) is 59.7 Å². The Morgan fingerprint density at radius 1 is 1.16 bits per heavy atom. The average molecular weight is 361 g/mol. The SMILES string of the molecule is Cc1cc(F)ccc1NCc1nnnn1-c1ccc(S(C)(=O)=O)cc1. The lowest BCUT2D eigenvalue weighted by Crippen LogP contribution is -2.09. The van der Waals surface area contributed by atoms with Crippen molar-refractivity contribution in [2.24, 2.45) is 0 Å². The van der Waals surface area contributed by atoms with Crippen molar-refractivity contribution < 1.29 is 12.8 Å². The maximum Gasteiger partial charge on any atom is 0.175 e. The van der Waals surface area contributed by atoms with Crippen molar-refractivity contribution >= 4 is 15.5 Å². The molecule has 3 rings (SSSR count). The van der Waals surface area contributed by atoms with Crippen molar-refractivity contribution in [3.63, 3.8) is 0 Å². The summed E-state index contributed by atoms with van der Waals surface area (Å²) in [6, 6.07) is 10.8. The molecule has 0 bridgehead atoms. The van der Waals surface area contributed by atoms with Crippen LogP contribution in [0.4, 0.5) is 10.1 Å². The summed E-state index contributed by atoms with van der Waals surface area (Å²) in [5.74, 6) is 0.245. The Hall–Kier alpha value is -2.81. The predicted molar refractivity (Wildman–Crippen MR) is 90.7 cm³/mol. The van der Waals surface area contributed by atoms with Gasteiger partial charge in [-0.25, -0.2) is 12.8 Å². The molecule has 7 nitrogen and oxygen atoms in total. The van der Waals surface area contributed by atoms with E-state index in [1.54, 1.807) is 25.1 Å². The van der Waals surface area contributed by atoms with Crippen molar-refractivity contribution in [2.75, 3.05) is 11.6 Å². The number of aryl methyl sites for hydroxylation is 1. The van der Waals surface area contributed by atoms with E-state index in [9.17, 15) is 12.8 Å². The standard InChI is InChI=1S/C16H16FN5O2S/c1-11-9-12(17)3-8-15(11)18-10-16-19-20-21-22(16)13-4-6-14(7-5-13)25(2,23)24/h3-9,18H,10H2,1-2H3. The molecule has 1 aromatic heterocycles. The number of anilines is 1. The molecule has 0 aliphatic heterocycles. The van der Waals surface area contributed by atoms with Gasteiger partial charge in [0.1, 0.15) is 5.82 Å². The van der Waals surface area contributed by atoms with Crippen LogP contribution in [-0.4, -0.2) is 34.9 Å². The monoisotopic (exact) mass is 361 g/mol. The molecule has 1 heterocycles. The number of benzene rings is 2. The van der Waals surface area contributed by atoms with E-state index in [0.29, 0.717) is 18.1 Å². The molecule has 2 aromatic carbocycles. The molecule has 25 heavy (non-hydrogen) atoms. The van der Waals surface area contributed by atoms with E-state index in [2.05, 4.69) is 20.8 Å². The molecule has 0 aliphatic carbocycles. The third-order valence-electron chi connectivity index (χ3n) is 3.67. The summed E-state index contributed by atoms with van der Waals surface area (Å²) in [6.45, 7) is 2.13. The highest BCUT2D eigenvalue weighted by atomic mass is 32.2. The minimum atomic E-state index is -3.26. The molecule has 0 aliphatic rings. The van der Waals surface area contributed by atoms with Crippen molar-refractivity contribution in [1.82, 2.24) is 20.2 Å². The maximum atomic E-state index is 13.2. The number of halogens is 1. The number of aromatic nitrogens is 4. The zero-order valence-corrected chi connectivity index (χ0v) is 14.5. The summed E-state index contributed by atoms with van der Waals surface area (Å²) >= 11 is 0. The number of hydrogen-bond acceptors (Lipinski definition) is 6. The molecule has 3 aromatic rings. The first-order valence-electron chi connectivity index (χ1n) is 7.42. The van der Waals surface area contributed by atoms with Crippen LogP contribution in [0.5, 0.6) is 0 Å². The Kier molecular flexibility index (Phi) is 4.49. The number of tetrazole rings is 1. The molecular weight excluding hydrogens is 345 g/mol. The molecular formula is C16H16FN5O2S. The molecule has 0 amide bonds. The second-order valence-electron chi connectivity index (χ2n) is 5.59. The van der Waals surface area contributed by atoms with Crippen molar-refractivity contribution in [2.45, 2.75) is 18.4 Å². The fourth-order valence-corrected chi connectivity index (χ4v) is 2.98. The zero-order valence-electron chi connectivity index (χ0n) is 13.6. The number of hydrogen-bond donors (Lipinski definition) is 1. The van der Waals surface area contributed by atoms with E-state index in [-0.39, 0.29) is 10.7 Å². The Morgan fingerprint density at radius 3 is 2.52 bits per heavy atom. The first kappa shape index (κ1) is 17.0. The Morgan fingerprint density at radius 2 is 1.88 bits per heavy atom. The van der Waals surface area contributed by atoms with E-state index in [4.69, 9.17) is 0 Å². The van der Waals surface area contributed by atoms with Crippen LogP contribution in [-0.2, 0) is 16.4 Å². The highest BCUT2D eigenvalue weighted by Crippen LogP contribution is 2.18. The fraction of sp³-hybridized carbons (Fsp3) is 0.188. The minimum absolute atomic E-state index is 0.228. The predicted octanol–water partition coefficient (Wildman–Crippen LogP) is 2.13. The maximum absolute atomic E-state index is 13.2. The summed E-state index contributed by atoms with van der Waals surface area (Å²) in [7, 11) is -3.26. The van der Waals surface area contributed by atoms with Gasteiger partial charge in [-0.2, -0.15) is 4.68 Å². The molecule has 0 atom stereocenters. The summed E-state index contributed by atoms with van der Waals surface area (Å²) in [4.78, 5) is 0.228. The van der Waals surface area contributed by atoms with Crippen LogP contribution in [0.2, 0.25) is 0 Å². The van der Waals surface area contributed by atoms with Gasteiger partial charge in [0.25, 0.3) is 0 Å². The van der Waals surface area contributed by atoms with Gasteiger partial charge >= 0.3 is 0 Å². The van der Waals surface area contributed by atoms with Crippen LogP contribution < -0.4 is 5.32 Å². The second-order valence-corrected chi connectivity index (χ2v) is 7.60. The topological polar surface area (TPSA) is 89.8 Å². The van der Waals surface area contributed by atoms with Gasteiger partial charge < -0.3 is 5.32 Å². The van der Waals surface area contributed by atoms with Gasteiger partial charge in [-0.15, -0.1) is 5.10 Å². The lowest BCUT2D eigenvalue weighted by Gasteiger charge is -2.10. The zero-order chi connectivity index (χ0) is 18.0. The lowest BCUT2D eigenvalue weighted by atomic mass is 10.2. The van der Waals surface area contributed by atoms with E-state index >= 15 is 0 Å². The molecule has 9 heteroatoms. The van der Waals surface area contributed by atoms with Crippen molar-refractivity contribution in [1.29, 1.82) is 0 Å². The van der Waals surface area contributed by atoms with E-state index in [1.165, 1.54) is 28.9 Å². The quantitative estimate of drug-likeness (QED) is 0.749. The Labute approximate surface area is 144 Å². The second kappa shape index (κ2) is 6.60. The fourth-order valence-electron chi connectivity index (χ4n) is 2.35. The van der Waals surface area contributed by atoms with Crippen LogP contribution in [0, 0.1) is 12.7 Å². The molecule has 0 saturated heterocycles. The molecule has 0 fully saturated rings. The van der Waals surface area contributed by atoms with Crippen LogP contribution in [0.15, 0.2) is 47.4 Å². The number of nitrogens with zero attached hydrogens (tertiary/aromatic N) is 4. The Balaban J connectivity index is 1.81. The van der Waals surface area contributed by atoms with Gasteiger partial charge in [0.05, 0.1) is 17.1 Å². The Bertz CT molecular complexity index is 1000. The third kappa shape index (κ3) is 3.82. The van der Waals surface area contributed by atoms with Gasteiger partial charge in [-0.05, 0) is 65.4 Å². The number of sulfone groups is 1. The average Bonchev–Trinajstić information content (AvgIpc) is 3.02. The lowest BCUT2D eigenvalue weighted by molar-refractivity contribution is 0.602. The van der Waals surface area contributed by atoms with Crippen LogP contribution in [0.3, 0.4) is 0 Å². The molecule has 0 radical (unpaired) electrons. The van der Waals surface area contributed by atoms with Gasteiger partial charge in [-0.1, -0.05) is 0 Å². The number of rotatable bonds is 5. The molecule has 0 unspecified atom stereocenters. The first-order chi connectivity index (χ1) is 11.8. The first-order valence-corrected chi connectivity index (χ1v) is 9.31. The van der Waals surface area contributed by atoms with Gasteiger partial charge in [0, 0.05) is 11.9 Å². The largest absolute Gasteiger partial charge is 0.377 e. The van der Waals surface area contributed by atoms with Crippen LogP contribution >= 0.6 is 0 Å².